The zero-order valence-electron chi connectivity index (χ0n) is 13.0. The average molecular weight is 343 g/mol. The molecule has 0 aliphatic heterocycles. The molecule has 1 amide bonds. The van der Waals surface area contributed by atoms with Gasteiger partial charge in [-0.05, 0) is 40.9 Å². The van der Waals surface area contributed by atoms with Crippen molar-refractivity contribution in [3.63, 3.8) is 0 Å². The molecule has 2 aromatic heterocycles. The maximum atomic E-state index is 12.2. The van der Waals surface area contributed by atoms with Crippen molar-refractivity contribution in [3.8, 4) is 0 Å². The number of hydrogen-bond acceptors (Lipinski definition) is 5. The minimum absolute atomic E-state index is 0.221. The van der Waals surface area contributed by atoms with E-state index in [0.717, 1.165) is 16.6 Å². The smallest absolute Gasteiger partial charge is 0.426 e. The summed E-state index contributed by atoms with van der Waals surface area (Å²) in [6.45, 7) is 0.485. The van der Waals surface area contributed by atoms with E-state index in [1.807, 2.05) is 45.7 Å². The highest BCUT2D eigenvalue weighted by Crippen LogP contribution is 2.12. The lowest BCUT2D eigenvalue weighted by Gasteiger charge is -2.17. The van der Waals surface area contributed by atoms with Gasteiger partial charge in [-0.3, -0.25) is 4.79 Å². The number of hydrogen-bond donors (Lipinski definition) is 3. The molecule has 0 bridgehead atoms. The highest BCUT2D eigenvalue weighted by atomic mass is 32.1. The van der Waals surface area contributed by atoms with E-state index < -0.39 is 13.1 Å². The van der Waals surface area contributed by atoms with Crippen molar-refractivity contribution in [2.24, 2.45) is 0 Å². The van der Waals surface area contributed by atoms with E-state index in [0.29, 0.717) is 13.0 Å². The first-order valence-corrected chi connectivity index (χ1v) is 8.64. The van der Waals surface area contributed by atoms with Crippen molar-refractivity contribution in [1.82, 2.24) is 14.9 Å². The predicted molar refractivity (Wildman–Crippen MR) is 94.5 cm³/mol. The number of nitrogens with zero attached hydrogens (tertiary/aromatic N) is 2. The summed E-state index contributed by atoms with van der Waals surface area (Å²) >= 11 is 1.54. The van der Waals surface area contributed by atoms with Gasteiger partial charge < -0.3 is 19.9 Å². The quantitative estimate of drug-likeness (QED) is 0.563. The molecular weight excluding hydrogens is 325 g/mol. The molecule has 0 saturated heterocycles. The predicted octanol–water partition coefficient (Wildman–Crippen LogP) is 1.23. The Morgan fingerprint density at radius 2 is 2.17 bits per heavy atom. The summed E-state index contributed by atoms with van der Waals surface area (Å²) in [5.41, 5.74) is 2.83. The molecule has 0 unspecified atom stereocenters. The first-order valence-electron chi connectivity index (χ1n) is 7.70. The maximum Gasteiger partial charge on any atom is 0.475 e. The van der Waals surface area contributed by atoms with Crippen LogP contribution < -0.4 is 5.32 Å². The number of amides is 1. The van der Waals surface area contributed by atoms with Gasteiger partial charge in [0.1, 0.15) is 0 Å². The van der Waals surface area contributed by atoms with E-state index in [2.05, 4.69) is 10.3 Å². The number of thiophene rings is 1. The fourth-order valence-corrected chi connectivity index (χ4v) is 3.26. The van der Waals surface area contributed by atoms with Crippen LogP contribution in [0.2, 0.25) is 0 Å². The van der Waals surface area contributed by atoms with Crippen molar-refractivity contribution in [3.05, 3.63) is 53.0 Å². The lowest BCUT2D eigenvalue weighted by Crippen LogP contribution is -2.48. The largest absolute Gasteiger partial charge is 0.475 e. The highest BCUT2D eigenvalue weighted by Gasteiger charge is 2.25. The Labute approximate surface area is 143 Å². The molecule has 0 aliphatic rings. The summed E-state index contributed by atoms with van der Waals surface area (Å²) in [4.78, 5) is 16.4. The molecule has 24 heavy (non-hydrogen) atoms. The number of carbonyl (C=O) groups excluding carboxylic acids is 1. The summed E-state index contributed by atoms with van der Waals surface area (Å²) in [5, 5.41) is 25.5. The molecule has 8 heteroatoms. The Kier molecular flexibility index (Phi) is 5.29. The van der Waals surface area contributed by atoms with Crippen molar-refractivity contribution < 1.29 is 14.8 Å². The molecular formula is C16H18BN3O3S. The molecule has 0 radical (unpaired) electrons. The van der Waals surface area contributed by atoms with Gasteiger partial charge in [-0.15, -0.1) is 0 Å². The number of aromatic nitrogens is 2. The molecule has 3 aromatic rings. The maximum absolute atomic E-state index is 12.2. The Hall–Kier alpha value is -2.16. The highest BCUT2D eigenvalue weighted by molar-refractivity contribution is 7.07. The molecule has 0 saturated carbocycles. The standard InChI is InChI=1S/C16H18BN3O3S/c21-16(19-15(17(22)23)9-12-6-8-24-10-12)5-7-20-11-18-13-3-1-2-4-14(13)20/h1-4,6,8,10-11,15,22-23H,5,7,9H2,(H,19,21)/t15-/m0/s1. The number of carbonyl (C=O) groups is 1. The van der Waals surface area contributed by atoms with Crippen LogP contribution in [0.1, 0.15) is 12.0 Å². The van der Waals surface area contributed by atoms with Crippen molar-refractivity contribution >= 4 is 35.4 Å². The van der Waals surface area contributed by atoms with E-state index in [1.54, 1.807) is 6.33 Å². The van der Waals surface area contributed by atoms with Crippen LogP contribution in [-0.4, -0.2) is 38.6 Å². The molecule has 0 aliphatic carbocycles. The summed E-state index contributed by atoms with van der Waals surface area (Å²) in [6, 6.07) is 9.63. The van der Waals surface area contributed by atoms with Crippen molar-refractivity contribution in [1.29, 1.82) is 0 Å². The van der Waals surface area contributed by atoms with Crippen LogP contribution in [-0.2, 0) is 17.8 Å². The first kappa shape index (κ1) is 16.7. The van der Waals surface area contributed by atoms with E-state index in [1.165, 1.54) is 11.3 Å². The minimum Gasteiger partial charge on any atom is -0.426 e. The van der Waals surface area contributed by atoms with Gasteiger partial charge in [0, 0.05) is 13.0 Å². The van der Waals surface area contributed by atoms with Crippen molar-refractivity contribution in [2.75, 3.05) is 0 Å². The molecule has 2 heterocycles. The second-order valence-corrected chi connectivity index (χ2v) is 6.38. The number of imidazole rings is 1. The van der Waals surface area contributed by atoms with Gasteiger partial charge in [0.05, 0.1) is 23.3 Å². The Bertz CT molecular complexity index is 804. The number of nitrogens with one attached hydrogen (secondary N) is 1. The topological polar surface area (TPSA) is 87.4 Å². The van der Waals surface area contributed by atoms with Crippen LogP contribution in [0.25, 0.3) is 11.0 Å². The third-order valence-electron chi connectivity index (χ3n) is 3.85. The van der Waals surface area contributed by atoms with Gasteiger partial charge in [-0.25, -0.2) is 4.98 Å². The number of para-hydroxylation sites is 2. The third kappa shape index (κ3) is 4.02. The Morgan fingerprint density at radius 3 is 2.92 bits per heavy atom. The van der Waals surface area contributed by atoms with Gasteiger partial charge in [-0.2, -0.15) is 11.3 Å². The van der Waals surface area contributed by atoms with Gasteiger partial charge in [0.2, 0.25) is 5.91 Å². The number of benzene rings is 1. The SMILES string of the molecule is O=C(CCn1cnc2ccccc21)N[C@@H](Cc1ccsc1)B(O)O. The lowest BCUT2D eigenvalue weighted by atomic mass is 9.76. The second-order valence-electron chi connectivity index (χ2n) is 5.60. The Balaban J connectivity index is 1.57. The number of fused-ring (bicyclic) bond motifs is 1. The first-order chi connectivity index (χ1) is 11.6. The number of rotatable bonds is 7. The normalized spacial score (nSPS) is 12.2. The fraction of sp³-hybridized carbons (Fsp3) is 0.250. The Morgan fingerprint density at radius 1 is 1.33 bits per heavy atom. The molecule has 1 atom stereocenters. The molecule has 124 valence electrons. The zero-order chi connectivity index (χ0) is 16.9. The van der Waals surface area contributed by atoms with Crippen LogP contribution in [0.3, 0.4) is 0 Å². The van der Waals surface area contributed by atoms with Gasteiger partial charge in [0.25, 0.3) is 0 Å². The zero-order valence-corrected chi connectivity index (χ0v) is 13.8. The van der Waals surface area contributed by atoms with Crippen LogP contribution in [0.5, 0.6) is 0 Å². The third-order valence-corrected chi connectivity index (χ3v) is 4.58. The summed E-state index contributed by atoms with van der Waals surface area (Å²) in [5.74, 6) is -0.937. The molecule has 1 aromatic carbocycles. The van der Waals surface area contributed by atoms with Crippen LogP contribution in [0.4, 0.5) is 0 Å². The molecule has 0 fully saturated rings. The summed E-state index contributed by atoms with van der Waals surface area (Å²) in [7, 11) is -1.59. The molecule has 3 N–H and O–H groups in total. The average Bonchev–Trinajstić information content (AvgIpc) is 3.21. The fourth-order valence-electron chi connectivity index (χ4n) is 2.58. The summed E-state index contributed by atoms with van der Waals surface area (Å²) < 4.78 is 1.91. The van der Waals surface area contributed by atoms with Crippen LogP contribution in [0.15, 0.2) is 47.4 Å². The van der Waals surface area contributed by atoms with E-state index in [4.69, 9.17) is 0 Å². The van der Waals surface area contributed by atoms with Gasteiger partial charge in [0.15, 0.2) is 0 Å². The van der Waals surface area contributed by atoms with E-state index >= 15 is 0 Å². The van der Waals surface area contributed by atoms with Gasteiger partial charge >= 0.3 is 7.12 Å². The lowest BCUT2D eigenvalue weighted by molar-refractivity contribution is -0.121. The van der Waals surface area contributed by atoms with Gasteiger partial charge in [-0.1, -0.05) is 12.1 Å². The molecule has 3 rings (SSSR count). The monoisotopic (exact) mass is 343 g/mol. The number of aryl methyl sites for hydroxylation is 1. The van der Waals surface area contributed by atoms with E-state index in [9.17, 15) is 14.8 Å². The molecule has 6 nitrogen and oxygen atoms in total. The second kappa shape index (κ2) is 7.61. The van der Waals surface area contributed by atoms with Crippen LogP contribution in [0, 0.1) is 0 Å². The minimum atomic E-state index is -1.59. The van der Waals surface area contributed by atoms with Crippen molar-refractivity contribution in [2.45, 2.75) is 25.3 Å². The van der Waals surface area contributed by atoms with E-state index in [-0.39, 0.29) is 12.3 Å². The molecule has 0 spiro atoms. The van der Waals surface area contributed by atoms with Crippen LogP contribution >= 0.6 is 11.3 Å². The summed E-state index contributed by atoms with van der Waals surface area (Å²) in [6.07, 6.45) is 2.34.